The van der Waals surface area contributed by atoms with Crippen molar-refractivity contribution in [2.75, 3.05) is 5.75 Å². The van der Waals surface area contributed by atoms with Crippen LogP contribution in [0, 0.1) is 12.3 Å². The largest absolute Gasteiger partial charge is 0.379 e. The zero-order chi connectivity index (χ0) is 19.0. The Morgan fingerprint density at radius 1 is 1.29 bits per heavy atom. The molecule has 0 saturated carbocycles. The number of rotatable bonds is 4. The summed E-state index contributed by atoms with van der Waals surface area (Å²) in [6, 6.07) is 5.99. The van der Waals surface area contributed by atoms with Gasteiger partial charge in [-0.3, -0.25) is 14.8 Å². The van der Waals surface area contributed by atoms with Crippen molar-refractivity contribution in [2.45, 2.75) is 44.6 Å². The van der Waals surface area contributed by atoms with Gasteiger partial charge in [0.2, 0.25) is 5.91 Å². The van der Waals surface area contributed by atoms with E-state index in [0.717, 1.165) is 5.56 Å². The van der Waals surface area contributed by atoms with Crippen LogP contribution in [-0.4, -0.2) is 35.3 Å². The van der Waals surface area contributed by atoms with Crippen LogP contribution in [0.5, 0.6) is 0 Å². The van der Waals surface area contributed by atoms with Crippen molar-refractivity contribution in [1.29, 1.82) is 5.41 Å². The predicted octanol–water partition coefficient (Wildman–Crippen LogP) is 2.16. The highest BCUT2D eigenvalue weighted by molar-refractivity contribution is 8.13. The van der Waals surface area contributed by atoms with Gasteiger partial charge in [0, 0.05) is 17.7 Å². The molecule has 0 aliphatic carbocycles. The smallest absolute Gasteiger partial charge is 0.294 e. The number of amides is 1. The van der Waals surface area contributed by atoms with Gasteiger partial charge < -0.3 is 11.1 Å². The second-order valence-electron chi connectivity index (χ2n) is 6.05. The number of nitrogens with one attached hydrogen (secondary N) is 2. The monoisotopic (exact) mass is 375 g/mol. The van der Waals surface area contributed by atoms with Gasteiger partial charge in [-0.1, -0.05) is 29.5 Å². The molecule has 0 bridgehead atoms. The molecular weight excluding hydrogens is 350 g/mol. The zero-order valence-corrected chi connectivity index (χ0v) is 15.9. The van der Waals surface area contributed by atoms with Gasteiger partial charge in [0.05, 0.1) is 4.90 Å². The molecule has 136 valence electrons. The molecular formula is C15H25N3O4S2. The Balaban J connectivity index is 0.000000446. The van der Waals surface area contributed by atoms with Crippen LogP contribution in [0.15, 0.2) is 29.2 Å². The Kier molecular flexibility index (Phi) is 9.02. The average Bonchev–Trinajstić information content (AvgIpc) is 2.36. The Bertz CT molecular complexity index is 650. The lowest BCUT2D eigenvalue weighted by Crippen LogP contribution is -2.40. The van der Waals surface area contributed by atoms with E-state index in [1.54, 1.807) is 12.1 Å². The molecule has 1 amide bonds. The second kappa shape index (κ2) is 9.65. The van der Waals surface area contributed by atoms with Crippen molar-refractivity contribution in [3.63, 3.8) is 0 Å². The van der Waals surface area contributed by atoms with Crippen LogP contribution in [-0.2, 0) is 14.9 Å². The minimum Gasteiger partial charge on any atom is -0.379 e. The van der Waals surface area contributed by atoms with Gasteiger partial charge in [-0.15, -0.1) is 0 Å². The summed E-state index contributed by atoms with van der Waals surface area (Å²) >= 11 is 1.19. The van der Waals surface area contributed by atoms with Crippen LogP contribution < -0.4 is 11.1 Å². The predicted molar refractivity (Wildman–Crippen MR) is 97.9 cm³/mol. The first-order chi connectivity index (χ1) is 10.8. The van der Waals surface area contributed by atoms with Crippen LogP contribution >= 0.6 is 11.8 Å². The molecule has 5 N–H and O–H groups in total. The lowest BCUT2D eigenvalue weighted by molar-refractivity contribution is -0.122. The fourth-order valence-corrected chi connectivity index (χ4v) is 2.43. The number of benzene rings is 1. The maximum Gasteiger partial charge on any atom is 0.294 e. The van der Waals surface area contributed by atoms with Gasteiger partial charge in [0.25, 0.3) is 10.1 Å². The summed E-state index contributed by atoms with van der Waals surface area (Å²) in [5, 5.41) is 9.82. The number of aryl methyl sites for hydroxylation is 1. The molecule has 0 heterocycles. The molecule has 7 nitrogen and oxygen atoms in total. The third-order valence-corrected chi connectivity index (χ3v) is 4.01. The highest BCUT2D eigenvalue weighted by atomic mass is 32.2. The number of amidine groups is 1. The number of hydrogen-bond donors (Lipinski definition) is 4. The Morgan fingerprint density at radius 3 is 2.17 bits per heavy atom. The Morgan fingerprint density at radius 2 is 1.79 bits per heavy atom. The molecule has 1 aromatic carbocycles. The molecule has 9 heteroatoms. The molecule has 0 saturated heterocycles. The maximum atomic E-state index is 11.2. The zero-order valence-electron chi connectivity index (χ0n) is 14.3. The van der Waals surface area contributed by atoms with Crippen molar-refractivity contribution in [3.8, 4) is 0 Å². The molecule has 0 aromatic heterocycles. The summed E-state index contributed by atoms with van der Waals surface area (Å²) in [5.74, 6) is 0.568. The standard InChI is InChI=1S/C8H17N3OS.C7H8O3S/c1-8(2,3)11-6(12)4-5-13-7(9)10;1-6-2-4-7(5-3-6)11(8,9)10/h4-5H2,1-3H3,(H3,9,10)(H,11,12);2-5H,1H3,(H,8,9,10). The molecule has 0 spiro atoms. The number of thioether (sulfide) groups is 1. The Hall–Kier alpha value is -1.58. The van der Waals surface area contributed by atoms with Gasteiger partial charge in [0.1, 0.15) is 0 Å². The number of nitrogens with two attached hydrogens (primary N) is 1. The van der Waals surface area contributed by atoms with Crippen LogP contribution in [0.3, 0.4) is 0 Å². The first kappa shape index (κ1) is 22.4. The highest BCUT2D eigenvalue weighted by Gasteiger charge is 2.13. The average molecular weight is 376 g/mol. The first-order valence-corrected chi connectivity index (χ1v) is 9.56. The summed E-state index contributed by atoms with van der Waals surface area (Å²) < 4.78 is 29.6. The molecule has 24 heavy (non-hydrogen) atoms. The van der Waals surface area contributed by atoms with Crippen LogP contribution in [0.1, 0.15) is 32.8 Å². The third-order valence-electron chi connectivity index (χ3n) is 2.42. The minimum atomic E-state index is -4.02. The first-order valence-electron chi connectivity index (χ1n) is 7.13. The molecule has 0 aliphatic rings. The molecule has 1 rings (SSSR count). The fourth-order valence-electron chi connectivity index (χ4n) is 1.44. The van der Waals surface area contributed by atoms with E-state index in [0.29, 0.717) is 12.2 Å². The SMILES string of the molecule is CC(C)(C)NC(=O)CCSC(=N)N.Cc1ccc(S(=O)(=O)O)cc1. The lowest BCUT2D eigenvalue weighted by atomic mass is 10.1. The summed E-state index contributed by atoms with van der Waals surface area (Å²) in [5.41, 5.74) is 5.89. The van der Waals surface area contributed by atoms with E-state index >= 15 is 0 Å². The second-order valence-corrected chi connectivity index (χ2v) is 8.61. The van der Waals surface area contributed by atoms with Crippen molar-refractivity contribution < 1.29 is 17.8 Å². The summed E-state index contributed by atoms with van der Waals surface area (Å²) in [7, 11) is -4.02. The molecule has 0 fully saturated rings. The lowest BCUT2D eigenvalue weighted by Gasteiger charge is -2.20. The summed E-state index contributed by atoms with van der Waals surface area (Å²) in [6.45, 7) is 7.64. The topological polar surface area (TPSA) is 133 Å². The van der Waals surface area contributed by atoms with Crippen LogP contribution in [0.4, 0.5) is 0 Å². The summed E-state index contributed by atoms with van der Waals surface area (Å²) in [6.07, 6.45) is 0.404. The molecule has 0 atom stereocenters. The highest BCUT2D eigenvalue weighted by Crippen LogP contribution is 2.08. The van der Waals surface area contributed by atoms with Gasteiger partial charge in [-0.25, -0.2) is 0 Å². The van der Waals surface area contributed by atoms with Crippen molar-refractivity contribution in [3.05, 3.63) is 29.8 Å². The minimum absolute atomic E-state index is 0.00116. The normalized spacial score (nSPS) is 11.2. The van der Waals surface area contributed by atoms with Gasteiger partial charge in [-0.2, -0.15) is 8.42 Å². The third kappa shape index (κ3) is 11.9. The quantitative estimate of drug-likeness (QED) is 0.362. The van der Waals surface area contributed by atoms with Crippen molar-refractivity contribution in [1.82, 2.24) is 5.32 Å². The van der Waals surface area contributed by atoms with E-state index < -0.39 is 10.1 Å². The van der Waals surface area contributed by atoms with E-state index in [1.165, 1.54) is 23.9 Å². The summed E-state index contributed by atoms with van der Waals surface area (Å²) in [4.78, 5) is 11.1. The van der Waals surface area contributed by atoms with Gasteiger partial charge >= 0.3 is 0 Å². The van der Waals surface area contributed by atoms with Crippen molar-refractivity contribution >= 4 is 33.0 Å². The van der Waals surface area contributed by atoms with E-state index in [9.17, 15) is 13.2 Å². The number of carbonyl (C=O) groups is 1. The Labute approximate surface area is 147 Å². The maximum absolute atomic E-state index is 11.2. The van der Waals surface area contributed by atoms with E-state index in [4.69, 9.17) is 15.7 Å². The number of hydrogen-bond acceptors (Lipinski definition) is 5. The van der Waals surface area contributed by atoms with Crippen molar-refractivity contribution in [2.24, 2.45) is 5.73 Å². The molecule has 0 unspecified atom stereocenters. The van der Waals surface area contributed by atoms with Crippen LogP contribution in [0.2, 0.25) is 0 Å². The molecule has 1 aromatic rings. The van der Waals surface area contributed by atoms with E-state index in [-0.39, 0.29) is 21.5 Å². The molecule has 0 radical (unpaired) electrons. The molecule has 0 aliphatic heterocycles. The number of carbonyl (C=O) groups excluding carboxylic acids is 1. The van der Waals surface area contributed by atoms with Gasteiger partial charge in [-0.05, 0) is 39.8 Å². The fraction of sp³-hybridized carbons (Fsp3) is 0.467. The van der Waals surface area contributed by atoms with Crippen LogP contribution in [0.25, 0.3) is 0 Å². The van der Waals surface area contributed by atoms with E-state index in [2.05, 4.69) is 5.32 Å². The van der Waals surface area contributed by atoms with Gasteiger partial charge in [0.15, 0.2) is 5.17 Å². The van der Waals surface area contributed by atoms with E-state index in [1.807, 2.05) is 27.7 Å².